The number of nitrogens with two attached hydrogens (primary N) is 1. The van der Waals surface area contributed by atoms with Gasteiger partial charge in [-0.2, -0.15) is 4.98 Å². The van der Waals surface area contributed by atoms with Crippen LogP contribution in [0.2, 0.25) is 5.02 Å². The van der Waals surface area contributed by atoms with Gasteiger partial charge in [-0.05, 0) is 31.9 Å². The van der Waals surface area contributed by atoms with E-state index in [4.69, 9.17) is 17.3 Å². The van der Waals surface area contributed by atoms with Crippen molar-refractivity contribution in [3.05, 3.63) is 29.0 Å². The van der Waals surface area contributed by atoms with Crippen LogP contribution in [-0.4, -0.2) is 33.8 Å². The summed E-state index contributed by atoms with van der Waals surface area (Å²) in [5.41, 5.74) is 6.59. The van der Waals surface area contributed by atoms with Crippen LogP contribution in [0.4, 0.5) is 10.3 Å². The minimum Gasteiger partial charge on any atom is -0.335 e. The van der Waals surface area contributed by atoms with Gasteiger partial charge in [0, 0.05) is 24.2 Å². The maximum Gasteiger partial charge on any atom is 0.245 e. The molecule has 2 heterocycles. The van der Waals surface area contributed by atoms with Crippen LogP contribution in [0, 0.1) is 5.82 Å². The lowest BCUT2D eigenvalue weighted by molar-refractivity contribution is 0.416. The molecule has 5 nitrogen and oxygen atoms in total. The second-order valence-corrected chi connectivity index (χ2v) is 5.70. The number of hydrogen-bond donors (Lipinski definition) is 2. The largest absolute Gasteiger partial charge is 0.335 e. The average Bonchev–Trinajstić information content (AvgIpc) is 2.94. The molecule has 0 radical (unpaired) electrons. The highest BCUT2D eigenvalue weighted by Crippen LogP contribution is 2.29. The molecule has 0 saturated carbocycles. The maximum absolute atomic E-state index is 13.5. The van der Waals surface area contributed by atoms with Gasteiger partial charge in [0.1, 0.15) is 5.82 Å². The fourth-order valence-electron chi connectivity index (χ4n) is 2.64. The van der Waals surface area contributed by atoms with Gasteiger partial charge in [0.15, 0.2) is 5.82 Å². The number of anilines is 1. The minimum atomic E-state index is -0.472. The summed E-state index contributed by atoms with van der Waals surface area (Å²) in [7, 11) is 0. The minimum absolute atomic E-state index is 0.0450. The molecule has 3 N–H and O–H groups in total. The topological polar surface area (TPSA) is 70.8 Å². The Labute approximate surface area is 127 Å². The van der Waals surface area contributed by atoms with E-state index in [2.05, 4.69) is 27.0 Å². The first-order valence-electron chi connectivity index (χ1n) is 6.97. The molecule has 1 saturated heterocycles. The van der Waals surface area contributed by atoms with Gasteiger partial charge in [-0.3, -0.25) is 5.10 Å². The van der Waals surface area contributed by atoms with Gasteiger partial charge >= 0.3 is 0 Å². The van der Waals surface area contributed by atoms with E-state index in [1.807, 2.05) is 0 Å². The predicted octanol–water partition coefficient (Wildman–Crippen LogP) is 2.58. The van der Waals surface area contributed by atoms with Crippen LogP contribution in [0.3, 0.4) is 0 Å². The molecule has 0 aliphatic carbocycles. The van der Waals surface area contributed by atoms with Crippen LogP contribution >= 0.6 is 11.6 Å². The summed E-state index contributed by atoms with van der Waals surface area (Å²) in [5.74, 6) is 0.564. The lowest BCUT2D eigenvalue weighted by Gasteiger charge is -2.36. The zero-order valence-corrected chi connectivity index (χ0v) is 12.4. The first-order valence-corrected chi connectivity index (χ1v) is 7.34. The standard InChI is InChI=1S/C14H17ClFN5/c1-8-11(17)6-3-7-21(8)14-18-13(19-20-14)9-4-2-5-10(16)12(9)15/h2,4-5,8,11H,3,6-7,17H2,1H3,(H,18,19,20). The molecule has 3 rings (SSSR count). The second kappa shape index (κ2) is 5.61. The third-order valence-electron chi connectivity index (χ3n) is 3.98. The SMILES string of the molecule is CC1C(N)CCCN1c1n[nH]c(-c2cccc(F)c2Cl)n1. The van der Waals surface area contributed by atoms with Crippen molar-refractivity contribution in [2.24, 2.45) is 5.73 Å². The van der Waals surface area contributed by atoms with Crippen LogP contribution in [0.5, 0.6) is 0 Å². The van der Waals surface area contributed by atoms with E-state index < -0.39 is 5.82 Å². The van der Waals surface area contributed by atoms with Gasteiger partial charge in [0.2, 0.25) is 5.95 Å². The number of halogens is 2. The molecule has 2 aromatic rings. The molecule has 7 heteroatoms. The Balaban J connectivity index is 1.91. The van der Waals surface area contributed by atoms with Gasteiger partial charge in [0.05, 0.1) is 5.02 Å². The summed E-state index contributed by atoms with van der Waals surface area (Å²) < 4.78 is 13.5. The lowest BCUT2D eigenvalue weighted by atomic mass is 9.99. The predicted molar refractivity (Wildman–Crippen MR) is 80.8 cm³/mol. The fraction of sp³-hybridized carbons (Fsp3) is 0.429. The van der Waals surface area contributed by atoms with Crippen molar-refractivity contribution in [3.8, 4) is 11.4 Å². The lowest BCUT2D eigenvalue weighted by Crippen LogP contribution is -2.50. The quantitative estimate of drug-likeness (QED) is 0.894. The number of benzene rings is 1. The number of nitrogens with zero attached hydrogens (tertiary/aromatic N) is 3. The third-order valence-corrected chi connectivity index (χ3v) is 4.37. The molecule has 21 heavy (non-hydrogen) atoms. The van der Waals surface area contributed by atoms with Gasteiger partial charge in [-0.25, -0.2) is 4.39 Å². The molecule has 112 valence electrons. The molecular formula is C14H17ClFN5. The Morgan fingerprint density at radius 2 is 2.29 bits per heavy atom. The highest BCUT2D eigenvalue weighted by atomic mass is 35.5. The van der Waals surface area contributed by atoms with Crippen LogP contribution < -0.4 is 10.6 Å². The zero-order chi connectivity index (χ0) is 15.0. The second-order valence-electron chi connectivity index (χ2n) is 5.33. The monoisotopic (exact) mass is 309 g/mol. The molecule has 1 aliphatic heterocycles. The fourth-order valence-corrected chi connectivity index (χ4v) is 2.86. The van der Waals surface area contributed by atoms with Crippen LogP contribution in [0.25, 0.3) is 11.4 Å². The van der Waals surface area contributed by atoms with E-state index in [-0.39, 0.29) is 17.1 Å². The summed E-state index contributed by atoms with van der Waals surface area (Å²) in [5, 5.41) is 7.10. The van der Waals surface area contributed by atoms with Gasteiger partial charge in [-0.1, -0.05) is 17.7 Å². The van der Waals surface area contributed by atoms with Crippen molar-refractivity contribution >= 4 is 17.5 Å². The number of nitrogens with one attached hydrogen (secondary N) is 1. The Morgan fingerprint density at radius 3 is 3.10 bits per heavy atom. The van der Waals surface area contributed by atoms with Gasteiger partial charge in [-0.15, -0.1) is 5.10 Å². The van der Waals surface area contributed by atoms with Crippen molar-refractivity contribution in [3.63, 3.8) is 0 Å². The number of aromatic amines is 1. The summed E-state index contributed by atoms with van der Waals surface area (Å²) >= 11 is 5.98. The molecule has 0 bridgehead atoms. The molecule has 0 spiro atoms. The summed E-state index contributed by atoms with van der Waals surface area (Å²) in [6, 6.07) is 4.90. The average molecular weight is 310 g/mol. The van der Waals surface area contributed by atoms with Crippen molar-refractivity contribution in [1.82, 2.24) is 15.2 Å². The molecule has 1 aliphatic rings. The van der Waals surface area contributed by atoms with E-state index in [0.717, 1.165) is 19.4 Å². The third kappa shape index (κ3) is 2.61. The molecule has 2 atom stereocenters. The molecular weight excluding hydrogens is 293 g/mol. The van der Waals surface area contributed by atoms with E-state index in [1.165, 1.54) is 6.07 Å². The molecule has 1 aromatic heterocycles. The molecule has 0 amide bonds. The van der Waals surface area contributed by atoms with Crippen LogP contribution in [0.15, 0.2) is 18.2 Å². The number of H-pyrrole nitrogens is 1. The Morgan fingerprint density at radius 1 is 1.48 bits per heavy atom. The van der Waals surface area contributed by atoms with E-state index >= 15 is 0 Å². The highest BCUT2D eigenvalue weighted by Gasteiger charge is 2.28. The van der Waals surface area contributed by atoms with E-state index in [1.54, 1.807) is 12.1 Å². The normalized spacial score (nSPS) is 22.6. The zero-order valence-electron chi connectivity index (χ0n) is 11.7. The van der Waals surface area contributed by atoms with E-state index in [0.29, 0.717) is 17.3 Å². The maximum atomic E-state index is 13.5. The number of rotatable bonds is 2. The van der Waals surface area contributed by atoms with Crippen molar-refractivity contribution in [2.75, 3.05) is 11.4 Å². The number of aromatic nitrogens is 3. The van der Waals surface area contributed by atoms with Crippen molar-refractivity contribution < 1.29 is 4.39 Å². The molecule has 2 unspecified atom stereocenters. The first-order chi connectivity index (χ1) is 10.1. The van der Waals surface area contributed by atoms with Crippen LogP contribution in [0.1, 0.15) is 19.8 Å². The summed E-state index contributed by atoms with van der Waals surface area (Å²) in [6.45, 7) is 2.93. The van der Waals surface area contributed by atoms with Crippen molar-refractivity contribution in [2.45, 2.75) is 31.8 Å². The Bertz CT molecular complexity index is 644. The molecule has 1 aromatic carbocycles. The van der Waals surface area contributed by atoms with Crippen LogP contribution in [-0.2, 0) is 0 Å². The highest BCUT2D eigenvalue weighted by molar-refractivity contribution is 6.33. The first kappa shape index (κ1) is 14.3. The number of hydrogen-bond acceptors (Lipinski definition) is 4. The number of piperidine rings is 1. The van der Waals surface area contributed by atoms with Gasteiger partial charge in [0.25, 0.3) is 0 Å². The van der Waals surface area contributed by atoms with E-state index in [9.17, 15) is 4.39 Å². The smallest absolute Gasteiger partial charge is 0.245 e. The summed E-state index contributed by atoms with van der Waals surface area (Å²) in [6.07, 6.45) is 2.01. The Hall–Kier alpha value is -1.66. The summed E-state index contributed by atoms with van der Waals surface area (Å²) in [4.78, 5) is 6.51. The van der Waals surface area contributed by atoms with Crippen molar-refractivity contribution in [1.29, 1.82) is 0 Å². The molecule has 1 fully saturated rings. The Kier molecular flexibility index (Phi) is 3.82. The van der Waals surface area contributed by atoms with Gasteiger partial charge < -0.3 is 10.6 Å².